The van der Waals surface area contributed by atoms with E-state index in [0.717, 1.165) is 22.5 Å². The lowest BCUT2D eigenvalue weighted by molar-refractivity contribution is -0.116. The van der Waals surface area contributed by atoms with Crippen LogP contribution < -0.4 is 11.1 Å². The van der Waals surface area contributed by atoms with Crippen LogP contribution in [-0.4, -0.2) is 45.1 Å². The summed E-state index contributed by atoms with van der Waals surface area (Å²) in [6.45, 7) is 1.94. The van der Waals surface area contributed by atoms with Crippen molar-refractivity contribution in [1.29, 1.82) is 0 Å². The highest BCUT2D eigenvalue weighted by Gasteiger charge is 2.19. The molecule has 0 atom stereocenters. The molecule has 5 N–H and O–H groups in total. The first-order chi connectivity index (χ1) is 17.7. The number of carbonyl (C=O) groups excluding carboxylic acids is 3. The van der Waals surface area contributed by atoms with Crippen molar-refractivity contribution in [3.05, 3.63) is 81.5 Å². The molecule has 0 saturated heterocycles. The van der Waals surface area contributed by atoms with Crippen LogP contribution in [-0.2, 0) is 24.1 Å². The predicted octanol–water partition coefficient (Wildman–Crippen LogP) is 4.02. The molecule has 0 aliphatic heterocycles. The summed E-state index contributed by atoms with van der Waals surface area (Å²) < 4.78 is 0. The molecule has 9 nitrogen and oxygen atoms in total. The second-order valence-corrected chi connectivity index (χ2v) is 9.59. The lowest BCUT2D eigenvalue weighted by Gasteiger charge is -2.04. The van der Waals surface area contributed by atoms with Gasteiger partial charge in [0.15, 0.2) is 10.9 Å². The number of ketones is 2. The zero-order chi connectivity index (χ0) is 26.5. The summed E-state index contributed by atoms with van der Waals surface area (Å²) in [7, 11) is 0. The van der Waals surface area contributed by atoms with Gasteiger partial charge in [-0.1, -0.05) is 24.3 Å². The van der Waals surface area contributed by atoms with Gasteiger partial charge in [0.25, 0.3) is 5.91 Å². The highest BCUT2D eigenvalue weighted by Crippen LogP contribution is 2.26. The Morgan fingerprint density at radius 1 is 1.08 bits per heavy atom. The number of carboxylic acid groups (broad SMARTS) is 1. The van der Waals surface area contributed by atoms with Crippen LogP contribution in [0.2, 0.25) is 0 Å². The maximum absolute atomic E-state index is 12.9. The zero-order valence-electron chi connectivity index (χ0n) is 20.2. The molecular weight excluding hydrogens is 492 g/mol. The predicted molar refractivity (Wildman–Crippen MR) is 142 cm³/mol. The first-order valence-electron chi connectivity index (χ1n) is 11.7. The minimum absolute atomic E-state index is 0.0492. The van der Waals surface area contributed by atoms with Gasteiger partial charge in [0.05, 0.1) is 0 Å². The number of aromatic carboxylic acids is 1. The molecule has 4 rings (SSSR count). The topological polar surface area (TPSA) is 155 Å². The standard InChI is InChI=1S/C27H26N4O5S/c1-15(32)10-16-4-2-5-17(11-16)12-23(33)22-14-37-27(30-22)31-25(34)18-7-8-21-20(13-18)19(6-3-9-28)24(29-21)26(35)36/h2,4-5,7-8,11,13-14,29H,3,6,9-10,12,28H2,1H3,(H,35,36)(H,30,31,34). The minimum atomic E-state index is -1.07. The third-order valence-electron chi connectivity index (χ3n) is 5.83. The van der Waals surface area contributed by atoms with Crippen molar-refractivity contribution >= 4 is 50.8 Å². The number of fused-ring (bicyclic) bond motifs is 1. The number of rotatable bonds is 11. The van der Waals surface area contributed by atoms with Crippen molar-refractivity contribution in [2.45, 2.75) is 32.6 Å². The fourth-order valence-corrected chi connectivity index (χ4v) is 4.86. The molecule has 4 aromatic rings. The zero-order valence-corrected chi connectivity index (χ0v) is 21.0. The Labute approximate surface area is 216 Å². The van der Waals surface area contributed by atoms with E-state index in [4.69, 9.17) is 5.73 Å². The number of Topliss-reactive ketones (excluding diaryl/α,β-unsaturated/α-hetero) is 2. The maximum atomic E-state index is 12.9. The Bertz CT molecular complexity index is 1500. The first kappa shape index (κ1) is 25.9. The second-order valence-electron chi connectivity index (χ2n) is 8.73. The monoisotopic (exact) mass is 518 g/mol. The maximum Gasteiger partial charge on any atom is 0.352 e. The molecule has 0 spiro atoms. The average molecular weight is 519 g/mol. The summed E-state index contributed by atoms with van der Waals surface area (Å²) in [6.07, 6.45) is 1.53. The van der Waals surface area contributed by atoms with Gasteiger partial charge in [-0.05, 0) is 61.2 Å². The molecule has 0 fully saturated rings. The third kappa shape index (κ3) is 6.16. The van der Waals surface area contributed by atoms with Crippen molar-refractivity contribution < 1.29 is 24.3 Å². The number of aromatic nitrogens is 2. The van der Waals surface area contributed by atoms with E-state index in [1.54, 1.807) is 23.6 Å². The fourth-order valence-electron chi connectivity index (χ4n) is 4.15. The van der Waals surface area contributed by atoms with E-state index in [1.807, 2.05) is 24.3 Å². The van der Waals surface area contributed by atoms with Crippen LogP contribution in [0.3, 0.4) is 0 Å². The van der Waals surface area contributed by atoms with E-state index in [2.05, 4.69) is 15.3 Å². The molecule has 2 aromatic carbocycles. The van der Waals surface area contributed by atoms with Gasteiger partial charge in [0.1, 0.15) is 17.2 Å². The van der Waals surface area contributed by atoms with Gasteiger partial charge < -0.3 is 15.8 Å². The van der Waals surface area contributed by atoms with E-state index in [0.29, 0.717) is 47.8 Å². The highest BCUT2D eigenvalue weighted by atomic mass is 32.1. The third-order valence-corrected chi connectivity index (χ3v) is 6.59. The Kier molecular flexibility index (Phi) is 7.90. The number of anilines is 1. The number of carbonyl (C=O) groups is 4. The number of nitrogens with zero attached hydrogens (tertiary/aromatic N) is 1. The largest absolute Gasteiger partial charge is 0.477 e. The van der Waals surface area contributed by atoms with Crippen LogP contribution in [0.15, 0.2) is 47.8 Å². The molecule has 0 radical (unpaired) electrons. The van der Waals surface area contributed by atoms with E-state index in [1.165, 1.54) is 6.92 Å². The molecule has 10 heteroatoms. The van der Waals surface area contributed by atoms with Crippen LogP contribution >= 0.6 is 11.3 Å². The molecule has 0 unspecified atom stereocenters. The molecular formula is C27H26N4O5S. The summed E-state index contributed by atoms with van der Waals surface area (Å²) >= 11 is 1.14. The Balaban J connectivity index is 1.48. The first-order valence-corrected chi connectivity index (χ1v) is 12.6. The SMILES string of the molecule is CC(=O)Cc1cccc(CC(=O)c2csc(NC(=O)c3ccc4[nH]c(C(=O)O)c(CCCN)c4c3)n2)c1. The Morgan fingerprint density at radius 2 is 1.84 bits per heavy atom. The molecule has 0 saturated carbocycles. The highest BCUT2D eigenvalue weighted by molar-refractivity contribution is 7.14. The smallest absolute Gasteiger partial charge is 0.352 e. The second kappa shape index (κ2) is 11.3. The number of carboxylic acids is 1. The summed E-state index contributed by atoms with van der Waals surface area (Å²) in [5.41, 5.74) is 9.15. The summed E-state index contributed by atoms with van der Waals surface area (Å²) in [6, 6.07) is 12.2. The number of H-pyrrole nitrogens is 1. The molecule has 0 aliphatic rings. The summed E-state index contributed by atoms with van der Waals surface area (Å²) in [5, 5.41) is 14.8. The number of hydrogen-bond donors (Lipinski definition) is 4. The normalized spacial score (nSPS) is 11.0. The lowest BCUT2D eigenvalue weighted by Crippen LogP contribution is -2.12. The van der Waals surface area contributed by atoms with E-state index in [9.17, 15) is 24.3 Å². The summed E-state index contributed by atoms with van der Waals surface area (Å²) in [5.74, 6) is -1.64. The van der Waals surface area contributed by atoms with Gasteiger partial charge in [-0.25, -0.2) is 9.78 Å². The fraction of sp³-hybridized carbons (Fsp3) is 0.222. The molecule has 2 heterocycles. The van der Waals surface area contributed by atoms with E-state index >= 15 is 0 Å². The number of nitrogens with two attached hydrogens (primary N) is 1. The molecule has 2 aromatic heterocycles. The van der Waals surface area contributed by atoms with Gasteiger partial charge >= 0.3 is 5.97 Å². The van der Waals surface area contributed by atoms with Gasteiger partial charge in [0.2, 0.25) is 0 Å². The molecule has 0 bridgehead atoms. The number of thiazole rings is 1. The molecule has 37 heavy (non-hydrogen) atoms. The van der Waals surface area contributed by atoms with E-state index in [-0.39, 0.29) is 34.5 Å². The number of nitrogens with one attached hydrogen (secondary N) is 2. The Hall–Kier alpha value is -4.15. The van der Waals surface area contributed by atoms with Gasteiger partial charge in [-0.15, -0.1) is 11.3 Å². The molecule has 190 valence electrons. The minimum Gasteiger partial charge on any atom is -0.477 e. The van der Waals surface area contributed by atoms with E-state index < -0.39 is 11.9 Å². The number of amides is 1. The van der Waals surface area contributed by atoms with Crippen LogP contribution in [0.1, 0.15) is 61.4 Å². The van der Waals surface area contributed by atoms with Crippen molar-refractivity contribution in [3.8, 4) is 0 Å². The quantitative estimate of drug-likeness (QED) is 0.219. The molecule has 0 aliphatic carbocycles. The van der Waals surface area contributed by atoms with Gasteiger partial charge in [0, 0.05) is 34.7 Å². The number of hydrogen-bond acceptors (Lipinski definition) is 7. The molecule has 1 amide bonds. The summed E-state index contributed by atoms with van der Waals surface area (Å²) in [4.78, 5) is 55.9. The van der Waals surface area contributed by atoms with Crippen LogP contribution in [0.5, 0.6) is 0 Å². The van der Waals surface area contributed by atoms with Crippen molar-refractivity contribution in [3.63, 3.8) is 0 Å². The van der Waals surface area contributed by atoms with Crippen molar-refractivity contribution in [1.82, 2.24) is 9.97 Å². The van der Waals surface area contributed by atoms with Crippen LogP contribution in [0, 0.1) is 0 Å². The lowest BCUT2D eigenvalue weighted by atomic mass is 10.0. The van der Waals surface area contributed by atoms with Crippen LogP contribution in [0.25, 0.3) is 10.9 Å². The number of aryl methyl sites for hydroxylation is 1. The van der Waals surface area contributed by atoms with Gasteiger partial charge in [-0.2, -0.15) is 0 Å². The number of benzene rings is 2. The average Bonchev–Trinajstić information content (AvgIpc) is 3.47. The Morgan fingerprint density at radius 3 is 2.54 bits per heavy atom. The number of aromatic amines is 1. The van der Waals surface area contributed by atoms with Gasteiger partial charge in [-0.3, -0.25) is 19.7 Å². The van der Waals surface area contributed by atoms with Crippen LogP contribution in [0.4, 0.5) is 5.13 Å². The van der Waals surface area contributed by atoms with Crippen molar-refractivity contribution in [2.24, 2.45) is 5.73 Å². The van der Waals surface area contributed by atoms with Crippen molar-refractivity contribution in [2.75, 3.05) is 11.9 Å².